The molecule has 0 aliphatic carbocycles. The summed E-state index contributed by atoms with van der Waals surface area (Å²) in [5.74, 6) is -0.190. The zero-order valence-electron chi connectivity index (χ0n) is 12.6. The maximum absolute atomic E-state index is 12.0. The third kappa shape index (κ3) is 6.51. The number of rotatable bonds is 9. The predicted octanol–water partition coefficient (Wildman–Crippen LogP) is 1.39. The van der Waals surface area contributed by atoms with Crippen molar-refractivity contribution in [3.05, 3.63) is 34.9 Å². The summed E-state index contributed by atoms with van der Waals surface area (Å²) in [5, 5.41) is 11.2. The lowest BCUT2D eigenvalue weighted by molar-refractivity contribution is -0.121. The zero-order valence-corrected chi connectivity index (χ0v) is 12.6. The number of benzene rings is 1. The average molecular weight is 293 g/mol. The Labute approximate surface area is 125 Å². The van der Waals surface area contributed by atoms with Crippen LogP contribution in [0.4, 0.5) is 0 Å². The number of carbonyl (C=O) groups is 2. The average Bonchev–Trinajstić information content (AvgIpc) is 2.47. The number of ether oxygens (including phenoxy) is 1. The first-order valence-corrected chi connectivity index (χ1v) is 7.10. The van der Waals surface area contributed by atoms with Gasteiger partial charge < -0.3 is 15.2 Å². The van der Waals surface area contributed by atoms with E-state index in [2.05, 4.69) is 5.32 Å². The summed E-state index contributed by atoms with van der Waals surface area (Å²) in [6.07, 6.45) is 0.373. The van der Waals surface area contributed by atoms with E-state index < -0.39 is 0 Å². The fourth-order valence-electron chi connectivity index (χ4n) is 1.80. The second-order valence-electron chi connectivity index (χ2n) is 4.91. The van der Waals surface area contributed by atoms with E-state index in [1.165, 1.54) is 0 Å². The van der Waals surface area contributed by atoms with Crippen LogP contribution in [0.3, 0.4) is 0 Å². The van der Waals surface area contributed by atoms with Gasteiger partial charge in [-0.3, -0.25) is 9.59 Å². The van der Waals surface area contributed by atoms with Gasteiger partial charge in [0.15, 0.2) is 5.78 Å². The van der Waals surface area contributed by atoms with Crippen LogP contribution in [0, 0.1) is 13.8 Å². The summed E-state index contributed by atoms with van der Waals surface area (Å²) in [7, 11) is 0. The van der Waals surface area contributed by atoms with Crippen LogP contribution in [0.15, 0.2) is 18.2 Å². The number of carbonyl (C=O) groups excluding carboxylic acids is 2. The molecule has 1 rings (SSSR count). The quantitative estimate of drug-likeness (QED) is 0.533. The van der Waals surface area contributed by atoms with Gasteiger partial charge in [0.2, 0.25) is 5.91 Å². The van der Waals surface area contributed by atoms with Crippen molar-refractivity contribution in [1.29, 1.82) is 0 Å². The number of aliphatic hydroxyl groups excluding tert-OH is 1. The Kier molecular flexibility index (Phi) is 7.64. The monoisotopic (exact) mass is 293 g/mol. The summed E-state index contributed by atoms with van der Waals surface area (Å²) >= 11 is 0. The number of Topliss-reactive ketones (excluding diaryl/α,β-unsaturated/α-hetero) is 1. The summed E-state index contributed by atoms with van der Waals surface area (Å²) in [4.78, 5) is 23.6. The van der Waals surface area contributed by atoms with Crippen LogP contribution in [-0.4, -0.2) is 43.2 Å². The lowest BCUT2D eigenvalue weighted by Gasteiger charge is -2.06. The van der Waals surface area contributed by atoms with Gasteiger partial charge in [-0.25, -0.2) is 0 Å². The van der Waals surface area contributed by atoms with E-state index >= 15 is 0 Å². The van der Waals surface area contributed by atoms with Crippen LogP contribution >= 0.6 is 0 Å². The van der Waals surface area contributed by atoms with Gasteiger partial charge in [0.1, 0.15) is 0 Å². The Balaban J connectivity index is 2.29. The molecule has 0 unspecified atom stereocenters. The van der Waals surface area contributed by atoms with Gasteiger partial charge in [0, 0.05) is 24.9 Å². The molecular formula is C16H23NO4. The summed E-state index contributed by atoms with van der Waals surface area (Å²) < 4.78 is 5.02. The molecule has 21 heavy (non-hydrogen) atoms. The molecule has 1 amide bonds. The van der Waals surface area contributed by atoms with E-state index in [1.807, 2.05) is 26.0 Å². The molecule has 0 aliphatic rings. The van der Waals surface area contributed by atoms with E-state index in [0.717, 1.165) is 11.1 Å². The minimum atomic E-state index is -0.167. The van der Waals surface area contributed by atoms with E-state index in [-0.39, 0.29) is 37.7 Å². The van der Waals surface area contributed by atoms with Crippen LogP contribution in [-0.2, 0) is 9.53 Å². The molecule has 0 bridgehead atoms. The van der Waals surface area contributed by atoms with Gasteiger partial charge in [-0.1, -0.05) is 12.1 Å². The molecule has 0 saturated carbocycles. The van der Waals surface area contributed by atoms with Crippen molar-refractivity contribution in [2.45, 2.75) is 26.7 Å². The standard InChI is InChI=1S/C16H23NO4/c1-12-3-4-14(11-13(12)2)15(19)5-6-16(20)17-7-9-21-10-8-18/h3-4,11,18H,5-10H2,1-2H3,(H,17,20). The number of amides is 1. The summed E-state index contributed by atoms with van der Waals surface area (Å²) in [5.41, 5.74) is 2.87. The van der Waals surface area contributed by atoms with Gasteiger partial charge in [-0.2, -0.15) is 0 Å². The third-order valence-electron chi connectivity index (χ3n) is 3.21. The smallest absolute Gasteiger partial charge is 0.220 e. The molecule has 0 aliphatic heterocycles. The molecule has 1 aromatic carbocycles. The molecule has 0 heterocycles. The number of ketones is 1. The SMILES string of the molecule is Cc1ccc(C(=O)CCC(=O)NCCOCCO)cc1C. The minimum absolute atomic E-state index is 0.0234. The van der Waals surface area contributed by atoms with E-state index in [1.54, 1.807) is 6.07 Å². The number of hydrogen-bond donors (Lipinski definition) is 2. The molecule has 1 aromatic rings. The fraction of sp³-hybridized carbons (Fsp3) is 0.500. The first kappa shape index (κ1) is 17.3. The first-order chi connectivity index (χ1) is 10.0. The number of nitrogens with one attached hydrogen (secondary N) is 1. The van der Waals surface area contributed by atoms with Crippen LogP contribution in [0.25, 0.3) is 0 Å². The zero-order chi connectivity index (χ0) is 15.7. The Hall–Kier alpha value is -1.72. The van der Waals surface area contributed by atoms with Crippen LogP contribution in [0.1, 0.15) is 34.3 Å². The van der Waals surface area contributed by atoms with Crippen molar-refractivity contribution in [3.8, 4) is 0 Å². The molecular weight excluding hydrogens is 270 g/mol. The lowest BCUT2D eigenvalue weighted by Crippen LogP contribution is -2.27. The van der Waals surface area contributed by atoms with Crippen molar-refractivity contribution in [1.82, 2.24) is 5.32 Å². The van der Waals surface area contributed by atoms with Gasteiger partial charge in [-0.05, 0) is 31.0 Å². The number of aryl methyl sites for hydroxylation is 2. The largest absolute Gasteiger partial charge is 0.394 e. The maximum Gasteiger partial charge on any atom is 0.220 e. The predicted molar refractivity (Wildman–Crippen MR) is 80.4 cm³/mol. The highest BCUT2D eigenvalue weighted by atomic mass is 16.5. The number of aliphatic hydroxyl groups is 1. The molecule has 0 spiro atoms. The molecule has 0 fully saturated rings. The lowest BCUT2D eigenvalue weighted by atomic mass is 10.0. The molecule has 116 valence electrons. The molecule has 5 nitrogen and oxygen atoms in total. The van der Waals surface area contributed by atoms with Crippen LogP contribution < -0.4 is 5.32 Å². The molecule has 2 N–H and O–H groups in total. The van der Waals surface area contributed by atoms with E-state index in [0.29, 0.717) is 18.7 Å². The van der Waals surface area contributed by atoms with Crippen LogP contribution in [0.5, 0.6) is 0 Å². The van der Waals surface area contributed by atoms with Gasteiger partial charge in [0.05, 0.1) is 19.8 Å². The van der Waals surface area contributed by atoms with Crippen molar-refractivity contribution in [2.75, 3.05) is 26.4 Å². The minimum Gasteiger partial charge on any atom is -0.394 e. The molecule has 0 aromatic heterocycles. The first-order valence-electron chi connectivity index (χ1n) is 7.10. The topological polar surface area (TPSA) is 75.6 Å². The van der Waals surface area contributed by atoms with Gasteiger partial charge in [0.25, 0.3) is 0 Å². The van der Waals surface area contributed by atoms with Crippen molar-refractivity contribution >= 4 is 11.7 Å². The highest BCUT2D eigenvalue weighted by Crippen LogP contribution is 2.12. The Morgan fingerprint density at radius 3 is 2.57 bits per heavy atom. The van der Waals surface area contributed by atoms with Gasteiger partial charge >= 0.3 is 0 Å². The van der Waals surface area contributed by atoms with Crippen LogP contribution in [0.2, 0.25) is 0 Å². The molecule has 0 radical (unpaired) electrons. The van der Waals surface area contributed by atoms with Gasteiger partial charge in [-0.15, -0.1) is 0 Å². The normalized spacial score (nSPS) is 10.4. The third-order valence-corrected chi connectivity index (χ3v) is 3.21. The molecule has 5 heteroatoms. The Bertz CT molecular complexity index is 485. The second kappa shape index (κ2) is 9.26. The highest BCUT2D eigenvalue weighted by molar-refractivity contribution is 5.98. The molecule has 0 saturated heterocycles. The fourth-order valence-corrected chi connectivity index (χ4v) is 1.80. The van der Waals surface area contributed by atoms with Crippen molar-refractivity contribution in [2.24, 2.45) is 0 Å². The van der Waals surface area contributed by atoms with Crippen molar-refractivity contribution < 1.29 is 19.4 Å². The highest BCUT2D eigenvalue weighted by Gasteiger charge is 2.09. The summed E-state index contributed by atoms with van der Waals surface area (Å²) in [6.45, 7) is 4.94. The maximum atomic E-state index is 12.0. The Morgan fingerprint density at radius 1 is 1.14 bits per heavy atom. The molecule has 0 atom stereocenters. The van der Waals surface area contributed by atoms with E-state index in [9.17, 15) is 9.59 Å². The second-order valence-corrected chi connectivity index (χ2v) is 4.91. The van der Waals surface area contributed by atoms with Crippen molar-refractivity contribution in [3.63, 3.8) is 0 Å². The summed E-state index contributed by atoms with van der Waals surface area (Å²) in [6, 6.07) is 5.57. The van der Waals surface area contributed by atoms with E-state index in [4.69, 9.17) is 9.84 Å². The Morgan fingerprint density at radius 2 is 1.90 bits per heavy atom. The number of hydrogen-bond acceptors (Lipinski definition) is 4.